The van der Waals surface area contributed by atoms with Gasteiger partial charge in [0.15, 0.2) is 0 Å². The van der Waals surface area contributed by atoms with Crippen molar-refractivity contribution in [2.24, 2.45) is 5.92 Å². The number of carbonyl (C=O) groups is 2. The smallest absolute Gasteiger partial charge is 0.245 e. The van der Waals surface area contributed by atoms with Gasteiger partial charge < -0.3 is 19.3 Å². The van der Waals surface area contributed by atoms with Crippen molar-refractivity contribution >= 4 is 23.6 Å². The van der Waals surface area contributed by atoms with Crippen LogP contribution in [0.3, 0.4) is 0 Å². The Morgan fingerprint density at radius 1 is 1.26 bits per heavy atom. The first kappa shape index (κ1) is 20.0. The van der Waals surface area contributed by atoms with Crippen LogP contribution < -0.4 is 4.74 Å². The third-order valence-corrected chi connectivity index (χ3v) is 6.17. The highest BCUT2D eigenvalue weighted by Gasteiger charge is 2.42. The Hall–Kier alpha value is -1.73. The van der Waals surface area contributed by atoms with E-state index < -0.39 is 6.04 Å². The molecule has 0 aromatic heterocycles. The first-order valence-electron chi connectivity index (χ1n) is 9.44. The molecule has 2 fully saturated rings. The number of hydrogen-bond acceptors (Lipinski definition) is 5. The van der Waals surface area contributed by atoms with E-state index in [0.717, 1.165) is 11.3 Å². The molecule has 27 heavy (non-hydrogen) atoms. The van der Waals surface area contributed by atoms with Crippen molar-refractivity contribution in [1.82, 2.24) is 9.80 Å². The highest BCUT2D eigenvalue weighted by molar-refractivity contribution is 8.00. The van der Waals surface area contributed by atoms with Gasteiger partial charge in [0, 0.05) is 13.1 Å². The standard InChI is InChI=1S/C20H28N2O4S/c1-14(2)12-17(19(24)21-8-10-26-11-9-21)22-18(23)13-27-20(22)15-4-6-16(25-3)7-5-15/h4-7,14,17,20H,8-13H2,1-3H3/t17-,20-/m0/s1. The second-order valence-electron chi connectivity index (χ2n) is 7.32. The molecule has 0 radical (unpaired) electrons. The molecule has 148 valence electrons. The summed E-state index contributed by atoms with van der Waals surface area (Å²) >= 11 is 1.58. The maximum Gasteiger partial charge on any atom is 0.245 e. The quantitative estimate of drug-likeness (QED) is 0.745. The van der Waals surface area contributed by atoms with Gasteiger partial charge in [-0.05, 0) is 30.0 Å². The molecule has 2 aliphatic rings. The summed E-state index contributed by atoms with van der Waals surface area (Å²) in [5.41, 5.74) is 1.02. The Morgan fingerprint density at radius 3 is 2.52 bits per heavy atom. The van der Waals surface area contributed by atoms with Gasteiger partial charge in [-0.15, -0.1) is 11.8 Å². The fraction of sp³-hybridized carbons (Fsp3) is 0.600. The number of rotatable bonds is 6. The van der Waals surface area contributed by atoms with Crippen molar-refractivity contribution in [2.75, 3.05) is 39.2 Å². The van der Waals surface area contributed by atoms with Crippen molar-refractivity contribution in [3.8, 4) is 5.75 Å². The van der Waals surface area contributed by atoms with Crippen LogP contribution in [0.2, 0.25) is 0 Å². The van der Waals surface area contributed by atoms with Gasteiger partial charge in [-0.1, -0.05) is 26.0 Å². The van der Waals surface area contributed by atoms with Gasteiger partial charge in [0.1, 0.15) is 17.2 Å². The zero-order valence-electron chi connectivity index (χ0n) is 16.2. The van der Waals surface area contributed by atoms with E-state index in [-0.39, 0.29) is 17.2 Å². The topological polar surface area (TPSA) is 59.1 Å². The molecule has 1 aromatic rings. The predicted octanol–water partition coefficient (Wildman–Crippen LogP) is 2.54. The number of hydrogen-bond donors (Lipinski definition) is 0. The molecule has 7 heteroatoms. The number of benzene rings is 1. The molecule has 0 aliphatic carbocycles. The maximum atomic E-state index is 13.3. The minimum atomic E-state index is -0.433. The minimum Gasteiger partial charge on any atom is -0.497 e. The van der Waals surface area contributed by atoms with E-state index in [9.17, 15) is 9.59 Å². The van der Waals surface area contributed by atoms with Crippen LogP contribution in [0, 0.1) is 5.92 Å². The number of nitrogens with zero attached hydrogens (tertiary/aromatic N) is 2. The molecule has 3 rings (SSSR count). The Bertz CT molecular complexity index is 658. The number of carbonyl (C=O) groups excluding carboxylic acids is 2. The predicted molar refractivity (Wildman–Crippen MR) is 106 cm³/mol. The Kier molecular flexibility index (Phi) is 6.65. The molecule has 1 aromatic carbocycles. The lowest BCUT2D eigenvalue weighted by Crippen LogP contribution is -2.53. The van der Waals surface area contributed by atoms with Crippen LogP contribution in [0.1, 0.15) is 31.2 Å². The number of methoxy groups -OCH3 is 1. The first-order valence-corrected chi connectivity index (χ1v) is 10.5. The molecule has 0 saturated carbocycles. The van der Waals surface area contributed by atoms with E-state index in [1.54, 1.807) is 18.9 Å². The second-order valence-corrected chi connectivity index (χ2v) is 8.39. The van der Waals surface area contributed by atoms with Crippen LogP contribution in [0.4, 0.5) is 0 Å². The van der Waals surface area contributed by atoms with Crippen molar-refractivity contribution in [1.29, 1.82) is 0 Å². The third-order valence-electron chi connectivity index (χ3n) is 4.94. The van der Waals surface area contributed by atoms with Gasteiger partial charge in [-0.3, -0.25) is 9.59 Å². The van der Waals surface area contributed by atoms with Gasteiger partial charge >= 0.3 is 0 Å². The molecule has 0 bridgehead atoms. The molecule has 2 aliphatic heterocycles. The number of amides is 2. The minimum absolute atomic E-state index is 0.0353. The summed E-state index contributed by atoms with van der Waals surface area (Å²) in [6.45, 7) is 6.49. The van der Waals surface area contributed by atoms with Gasteiger partial charge in [0.05, 0.1) is 26.1 Å². The molecular formula is C20H28N2O4S. The third kappa shape index (κ3) is 4.58. The zero-order valence-corrected chi connectivity index (χ0v) is 17.0. The Labute approximate surface area is 165 Å². The van der Waals surface area contributed by atoms with E-state index >= 15 is 0 Å². The van der Waals surface area contributed by atoms with E-state index in [4.69, 9.17) is 9.47 Å². The molecule has 2 amide bonds. The molecule has 6 nitrogen and oxygen atoms in total. The Balaban J connectivity index is 1.87. The average Bonchev–Trinajstić information content (AvgIpc) is 3.07. The molecule has 0 N–H and O–H groups in total. The molecule has 2 atom stereocenters. The highest BCUT2D eigenvalue weighted by Crippen LogP contribution is 2.41. The summed E-state index contributed by atoms with van der Waals surface area (Å²) in [4.78, 5) is 29.7. The number of ether oxygens (including phenoxy) is 2. The molecule has 2 heterocycles. The van der Waals surface area contributed by atoms with Crippen molar-refractivity contribution in [3.63, 3.8) is 0 Å². The van der Waals surface area contributed by atoms with Crippen molar-refractivity contribution < 1.29 is 19.1 Å². The maximum absolute atomic E-state index is 13.3. The summed E-state index contributed by atoms with van der Waals surface area (Å²) in [7, 11) is 1.63. The van der Waals surface area contributed by atoms with Gasteiger partial charge in [-0.2, -0.15) is 0 Å². The van der Waals surface area contributed by atoms with Crippen molar-refractivity contribution in [2.45, 2.75) is 31.7 Å². The van der Waals surface area contributed by atoms with E-state index in [1.165, 1.54) is 0 Å². The fourth-order valence-electron chi connectivity index (χ4n) is 3.57. The lowest BCUT2D eigenvalue weighted by molar-refractivity contribution is -0.148. The lowest BCUT2D eigenvalue weighted by Gasteiger charge is -2.37. The van der Waals surface area contributed by atoms with E-state index in [1.807, 2.05) is 34.1 Å². The first-order chi connectivity index (χ1) is 13.0. The second kappa shape index (κ2) is 8.97. The summed E-state index contributed by atoms with van der Waals surface area (Å²) in [6.07, 6.45) is 0.662. The van der Waals surface area contributed by atoms with Crippen LogP contribution in [-0.4, -0.2) is 66.8 Å². The summed E-state index contributed by atoms with van der Waals surface area (Å²) in [6, 6.07) is 7.33. The van der Waals surface area contributed by atoms with Gasteiger partial charge in [0.25, 0.3) is 0 Å². The van der Waals surface area contributed by atoms with E-state index in [2.05, 4.69) is 13.8 Å². The highest BCUT2D eigenvalue weighted by atomic mass is 32.2. The van der Waals surface area contributed by atoms with Crippen LogP contribution in [0.25, 0.3) is 0 Å². The summed E-state index contributed by atoms with van der Waals surface area (Å²) in [5.74, 6) is 1.58. The number of morpholine rings is 1. The van der Waals surface area contributed by atoms with Crippen LogP contribution >= 0.6 is 11.8 Å². The largest absolute Gasteiger partial charge is 0.497 e. The molecule has 0 unspecified atom stereocenters. The van der Waals surface area contributed by atoms with Gasteiger partial charge in [0.2, 0.25) is 11.8 Å². The van der Waals surface area contributed by atoms with Crippen LogP contribution in [0.15, 0.2) is 24.3 Å². The SMILES string of the molecule is COc1ccc([C@@H]2SCC(=O)N2[C@@H](CC(C)C)C(=O)N2CCOCC2)cc1. The monoisotopic (exact) mass is 392 g/mol. The Morgan fingerprint density at radius 2 is 1.93 bits per heavy atom. The zero-order chi connectivity index (χ0) is 19.4. The number of thioether (sulfide) groups is 1. The van der Waals surface area contributed by atoms with E-state index in [0.29, 0.717) is 44.4 Å². The molecule has 0 spiro atoms. The average molecular weight is 393 g/mol. The summed E-state index contributed by atoms with van der Waals surface area (Å²) < 4.78 is 10.6. The van der Waals surface area contributed by atoms with Crippen LogP contribution in [0.5, 0.6) is 5.75 Å². The normalized spacial score (nSPS) is 21.6. The molecule has 2 saturated heterocycles. The van der Waals surface area contributed by atoms with Crippen LogP contribution in [-0.2, 0) is 14.3 Å². The lowest BCUT2D eigenvalue weighted by atomic mass is 9.99. The van der Waals surface area contributed by atoms with Crippen molar-refractivity contribution in [3.05, 3.63) is 29.8 Å². The summed E-state index contributed by atoms with van der Waals surface area (Å²) in [5, 5.41) is -0.142. The molecular weight excluding hydrogens is 364 g/mol. The fourth-order valence-corrected chi connectivity index (χ4v) is 4.80. The van der Waals surface area contributed by atoms with Gasteiger partial charge in [-0.25, -0.2) is 0 Å².